The van der Waals surface area contributed by atoms with Crippen molar-refractivity contribution in [2.24, 2.45) is 0 Å². The highest BCUT2D eigenvalue weighted by Crippen LogP contribution is 2.22. The van der Waals surface area contributed by atoms with E-state index in [1.54, 1.807) is 6.07 Å². The smallest absolute Gasteiger partial charge is 0.277 e. The molecular formula is C12H10BrFN2O3. The van der Waals surface area contributed by atoms with Crippen LogP contribution < -0.4 is 5.32 Å². The number of imide groups is 1. The van der Waals surface area contributed by atoms with E-state index in [9.17, 15) is 14.0 Å². The van der Waals surface area contributed by atoms with E-state index in [0.29, 0.717) is 4.47 Å². The summed E-state index contributed by atoms with van der Waals surface area (Å²) in [6.45, 7) is -0.395. The van der Waals surface area contributed by atoms with Gasteiger partial charge in [-0.15, -0.1) is 0 Å². The van der Waals surface area contributed by atoms with Crippen molar-refractivity contribution in [1.29, 1.82) is 0 Å². The first-order valence-electron chi connectivity index (χ1n) is 5.43. The van der Waals surface area contributed by atoms with Crippen LogP contribution in [0.5, 0.6) is 0 Å². The molecule has 1 aromatic carbocycles. The molecular weight excluding hydrogens is 319 g/mol. The maximum absolute atomic E-state index is 13.6. The van der Waals surface area contributed by atoms with Crippen molar-refractivity contribution in [3.63, 3.8) is 0 Å². The molecule has 0 saturated carbocycles. The number of hydrogen-bond donors (Lipinski definition) is 2. The van der Waals surface area contributed by atoms with Gasteiger partial charge in [-0.2, -0.15) is 0 Å². The molecule has 2 N–H and O–H groups in total. The Bertz CT molecular complexity index is 574. The zero-order valence-corrected chi connectivity index (χ0v) is 11.3. The third-order valence-corrected chi connectivity index (χ3v) is 3.03. The van der Waals surface area contributed by atoms with Crippen LogP contribution in [0.15, 0.2) is 34.4 Å². The molecule has 0 radical (unpaired) electrons. The number of anilines is 1. The zero-order chi connectivity index (χ0) is 14.0. The Labute approximate surface area is 116 Å². The van der Waals surface area contributed by atoms with Gasteiger partial charge in [-0.1, -0.05) is 15.9 Å². The number of halogens is 2. The molecule has 0 bridgehead atoms. The molecule has 2 rings (SSSR count). The normalized spacial score (nSPS) is 14.9. The van der Waals surface area contributed by atoms with Gasteiger partial charge in [0.15, 0.2) is 0 Å². The van der Waals surface area contributed by atoms with Crippen molar-refractivity contribution in [2.75, 3.05) is 18.5 Å². The van der Waals surface area contributed by atoms with Crippen molar-refractivity contribution < 1.29 is 19.1 Å². The fourth-order valence-electron chi connectivity index (χ4n) is 1.65. The van der Waals surface area contributed by atoms with Crippen molar-refractivity contribution >= 4 is 33.4 Å². The van der Waals surface area contributed by atoms with E-state index in [2.05, 4.69) is 21.2 Å². The molecule has 7 heteroatoms. The number of rotatable bonds is 4. The van der Waals surface area contributed by atoms with E-state index >= 15 is 0 Å². The van der Waals surface area contributed by atoms with Gasteiger partial charge in [-0.25, -0.2) is 4.39 Å². The molecule has 1 aliphatic heterocycles. The van der Waals surface area contributed by atoms with Gasteiger partial charge in [-0.05, 0) is 18.2 Å². The lowest BCUT2D eigenvalue weighted by Gasteiger charge is -2.13. The quantitative estimate of drug-likeness (QED) is 0.816. The number of aliphatic hydroxyl groups is 1. The summed E-state index contributed by atoms with van der Waals surface area (Å²) in [5.41, 5.74) is 0.0844. The van der Waals surface area contributed by atoms with Crippen LogP contribution in [0.25, 0.3) is 0 Å². The molecule has 0 atom stereocenters. The Kier molecular flexibility index (Phi) is 3.96. The van der Waals surface area contributed by atoms with E-state index in [0.717, 1.165) is 11.0 Å². The van der Waals surface area contributed by atoms with Crippen LogP contribution in [-0.4, -0.2) is 35.0 Å². The Hall–Kier alpha value is -1.73. The van der Waals surface area contributed by atoms with Gasteiger partial charge in [0.05, 0.1) is 18.8 Å². The lowest BCUT2D eigenvalue weighted by molar-refractivity contribution is -0.137. The minimum absolute atomic E-state index is 0.0142. The van der Waals surface area contributed by atoms with Gasteiger partial charge in [0, 0.05) is 10.5 Å². The number of aliphatic hydroxyl groups excluding tert-OH is 1. The molecule has 1 aliphatic rings. The molecule has 100 valence electrons. The van der Waals surface area contributed by atoms with Crippen LogP contribution in [0.3, 0.4) is 0 Å². The minimum Gasteiger partial charge on any atom is -0.395 e. The van der Waals surface area contributed by atoms with Crippen LogP contribution in [0.2, 0.25) is 0 Å². The molecule has 0 unspecified atom stereocenters. The summed E-state index contributed by atoms with van der Waals surface area (Å²) in [6.07, 6.45) is 1.08. The SMILES string of the molecule is O=C1C=C(Nc2ccc(Br)cc2F)C(=O)N1CCO. The van der Waals surface area contributed by atoms with Crippen LogP contribution in [0, 0.1) is 5.82 Å². The second-order valence-corrected chi connectivity index (χ2v) is 4.74. The van der Waals surface area contributed by atoms with Crippen LogP contribution in [0.1, 0.15) is 0 Å². The molecule has 0 aromatic heterocycles. The fraction of sp³-hybridized carbons (Fsp3) is 0.167. The Morgan fingerprint density at radius 1 is 1.37 bits per heavy atom. The Morgan fingerprint density at radius 3 is 2.74 bits per heavy atom. The third-order valence-electron chi connectivity index (χ3n) is 2.53. The number of amides is 2. The van der Waals surface area contributed by atoms with Crippen molar-refractivity contribution in [1.82, 2.24) is 4.90 Å². The number of β-amino-alcohol motifs (C(OH)–C–C–N with tert-alkyl or cyclic N) is 1. The summed E-state index contributed by atoms with van der Waals surface area (Å²) in [7, 11) is 0. The van der Waals surface area contributed by atoms with E-state index < -0.39 is 17.6 Å². The number of nitrogens with one attached hydrogen (secondary N) is 1. The average molecular weight is 329 g/mol. The summed E-state index contributed by atoms with van der Waals surface area (Å²) in [5.74, 6) is -1.66. The minimum atomic E-state index is -0.582. The first-order valence-corrected chi connectivity index (χ1v) is 6.22. The Morgan fingerprint density at radius 2 is 2.11 bits per heavy atom. The molecule has 0 fully saturated rings. The lowest BCUT2D eigenvalue weighted by atomic mass is 10.3. The summed E-state index contributed by atoms with van der Waals surface area (Å²) >= 11 is 3.12. The van der Waals surface area contributed by atoms with Crippen molar-refractivity contribution in [2.45, 2.75) is 0 Å². The monoisotopic (exact) mass is 328 g/mol. The molecule has 19 heavy (non-hydrogen) atoms. The highest BCUT2D eigenvalue weighted by molar-refractivity contribution is 9.10. The highest BCUT2D eigenvalue weighted by atomic mass is 79.9. The number of hydrogen-bond acceptors (Lipinski definition) is 4. The van der Waals surface area contributed by atoms with Crippen LogP contribution in [-0.2, 0) is 9.59 Å². The lowest BCUT2D eigenvalue weighted by Crippen LogP contribution is -2.34. The molecule has 0 saturated heterocycles. The Balaban J connectivity index is 2.18. The van der Waals surface area contributed by atoms with Gasteiger partial charge >= 0.3 is 0 Å². The maximum atomic E-state index is 13.6. The van der Waals surface area contributed by atoms with Gasteiger partial charge in [0.1, 0.15) is 11.5 Å². The summed E-state index contributed by atoms with van der Waals surface area (Å²) in [4.78, 5) is 24.2. The molecule has 1 aromatic rings. The topological polar surface area (TPSA) is 69.6 Å². The second kappa shape index (κ2) is 5.50. The number of carbonyl (C=O) groups is 2. The summed E-state index contributed by atoms with van der Waals surface area (Å²) in [6, 6.07) is 4.31. The molecule has 0 aliphatic carbocycles. The van der Waals surface area contributed by atoms with Gasteiger partial charge in [0.25, 0.3) is 11.8 Å². The number of carbonyl (C=O) groups excluding carboxylic acids is 2. The predicted molar refractivity (Wildman–Crippen MR) is 69.6 cm³/mol. The standard InChI is InChI=1S/C12H10BrFN2O3/c13-7-1-2-9(8(14)5-7)15-10-6-11(18)16(3-4-17)12(10)19/h1-2,5-6,15,17H,3-4H2. The van der Waals surface area contributed by atoms with E-state index in [1.165, 1.54) is 12.1 Å². The van der Waals surface area contributed by atoms with Crippen molar-refractivity contribution in [3.8, 4) is 0 Å². The maximum Gasteiger partial charge on any atom is 0.277 e. The molecule has 5 nitrogen and oxygen atoms in total. The second-order valence-electron chi connectivity index (χ2n) is 3.83. The first-order chi connectivity index (χ1) is 9.02. The van der Waals surface area contributed by atoms with Crippen LogP contribution >= 0.6 is 15.9 Å². The summed E-state index contributed by atoms with van der Waals surface area (Å²) in [5, 5.41) is 11.3. The van der Waals surface area contributed by atoms with Crippen LogP contribution in [0.4, 0.5) is 10.1 Å². The van der Waals surface area contributed by atoms with Gasteiger partial charge in [0.2, 0.25) is 0 Å². The molecule has 2 amide bonds. The fourth-order valence-corrected chi connectivity index (χ4v) is 1.98. The number of benzene rings is 1. The highest BCUT2D eigenvalue weighted by Gasteiger charge is 2.30. The van der Waals surface area contributed by atoms with Crippen molar-refractivity contribution in [3.05, 3.63) is 40.3 Å². The molecule has 0 spiro atoms. The van der Waals surface area contributed by atoms with E-state index in [-0.39, 0.29) is 24.5 Å². The van der Waals surface area contributed by atoms with E-state index in [4.69, 9.17) is 5.11 Å². The van der Waals surface area contributed by atoms with E-state index in [1.807, 2.05) is 0 Å². The third kappa shape index (κ3) is 2.82. The largest absolute Gasteiger partial charge is 0.395 e. The average Bonchev–Trinajstić information content (AvgIpc) is 2.61. The summed E-state index contributed by atoms with van der Waals surface area (Å²) < 4.78 is 14.2. The zero-order valence-electron chi connectivity index (χ0n) is 9.69. The van der Waals surface area contributed by atoms with Gasteiger partial charge in [-0.3, -0.25) is 14.5 Å². The number of nitrogens with zero attached hydrogens (tertiary/aromatic N) is 1. The predicted octanol–water partition coefficient (Wildman–Crippen LogP) is 1.25. The molecule has 1 heterocycles. The van der Waals surface area contributed by atoms with Gasteiger partial charge < -0.3 is 10.4 Å². The first kappa shape index (κ1) is 13.7.